The summed E-state index contributed by atoms with van der Waals surface area (Å²) in [5.41, 5.74) is 7.62. The number of halogens is 3. The van der Waals surface area contributed by atoms with Gasteiger partial charge in [-0.25, -0.2) is 0 Å². The van der Waals surface area contributed by atoms with Crippen LogP contribution in [0.3, 0.4) is 0 Å². The number of piperidine rings is 1. The number of H-pyrrole nitrogens is 1. The second-order valence-corrected chi connectivity index (χ2v) is 8.94. The van der Waals surface area contributed by atoms with Crippen molar-refractivity contribution in [1.82, 2.24) is 14.5 Å². The summed E-state index contributed by atoms with van der Waals surface area (Å²) < 4.78 is 40.5. The molecule has 0 saturated carbocycles. The average Bonchev–Trinajstić information content (AvgIpc) is 3.30. The first-order valence-electron chi connectivity index (χ1n) is 11.5. The maximum absolute atomic E-state index is 13.7. The molecule has 1 aliphatic rings. The molecule has 2 aromatic heterocycles. The van der Waals surface area contributed by atoms with Crippen molar-refractivity contribution in [2.75, 3.05) is 18.0 Å². The summed E-state index contributed by atoms with van der Waals surface area (Å²) in [6, 6.07) is 15.5. The lowest BCUT2D eigenvalue weighted by Crippen LogP contribution is -2.45. The van der Waals surface area contributed by atoms with E-state index in [9.17, 15) is 23.2 Å². The summed E-state index contributed by atoms with van der Waals surface area (Å²) in [6.07, 6.45) is -2.70. The lowest BCUT2D eigenvalue weighted by Gasteiger charge is -2.33. The van der Waals surface area contributed by atoms with Crippen molar-refractivity contribution in [3.63, 3.8) is 0 Å². The number of rotatable bonds is 4. The van der Waals surface area contributed by atoms with Crippen LogP contribution in [-0.4, -0.2) is 33.7 Å². The molecular formula is C26H23F3N6O. The van der Waals surface area contributed by atoms with Crippen LogP contribution in [0.25, 0.3) is 22.3 Å². The van der Waals surface area contributed by atoms with E-state index in [1.165, 1.54) is 12.1 Å². The SMILES string of the molecule is N#Cc1ccccc1Cn1c(N2CCC[C@@H](N)C2)nc2[nH]c(-c3ccc(C(F)(F)F)cc3)cc2c1=O. The minimum Gasteiger partial charge on any atom is -0.341 e. The van der Waals surface area contributed by atoms with Gasteiger partial charge in [0.05, 0.1) is 29.1 Å². The minimum atomic E-state index is -4.43. The number of benzene rings is 2. The van der Waals surface area contributed by atoms with Crippen LogP contribution in [0.1, 0.15) is 29.5 Å². The summed E-state index contributed by atoms with van der Waals surface area (Å²) in [5, 5.41) is 9.84. The molecule has 1 fully saturated rings. The summed E-state index contributed by atoms with van der Waals surface area (Å²) in [5.74, 6) is 0.441. The zero-order valence-electron chi connectivity index (χ0n) is 19.2. The zero-order valence-corrected chi connectivity index (χ0v) is 19.2. The van der Waals surface area contributed by atoms with Gasteiger partial charge in [-0.1, -0.05) is 30.3 Å². The van der Waals surface area contributed by atoms with Gasteiger partial charge >= 0.3 is 6.18 Å². The second kappa shape index (κ2) is 9.17. The quantitative estimate of drug-likeness (QED) is 0.443. The van der Waals surface area contributed by atoms with Crippen molar-refractivity contribution in [3.8, 4) is 17.3 Å². The van der Waals surface area contributed by atoms with E-state index in [0.29, 0.717) is 52.5 Å². The summed E-state index contributed by atoms with van der Waals surface area (Å²) >= 11 is 0. The van der Waals surface area contributed by atoms with Crippen LogP contribution >= 0.6 is 0 Å². The fourth-order valence-corrected chi connectivity index (χ4v) is 4.60. The number of aromatic nitrogens is 3. The highest BCUT2D eigenvalue weighted by atomic mass is 19.4. The van der Waals surface area contributed by atoms with Crippen LogP contribution in [0, 0.1) is 11.3 Å². The predicted octanol–water partition coefficient (Wildman–Crippen LogP) is 4.26. The number of nitrogens with two attached hydrogens (primary N) is 1. The molecule has 3 N–H and O–H groups in total. The Morgan fingerprint density at radius 2 is 1.92 bits per heavy atom. The van der Waals surface area contributed by atoms with E-state index >= 15 is 0 Å². The maximum Gasteiger partial charge on any atom is 0.416 e. The van der Waals surface area contributed by atoms with Gasteiger partial charge in [-0.05, 0) is 48.2 Å². The molecule has 184 valence electrons. The summed E-state index contributed by atoms with van der Waals surface area (Å²) in [6.45, 7) is 1.36. The first-order valence-corrected chi connectivity index (χ1v) is 11.5. The maximum atomic E-state index is 13.7. The molecule has 2 aromatic carbocycles. The second-order valence-electron chi connectivity index (χ2n) is 8.94. The molecule has 0 radical (unpaired) electrons. The lowest BCUT2D eigenvalue weighted by atomic mass is 10.1. The molecule has 0 unspecified atom stereocenters. The van der Waals surface area contributed by atoms with Crippen molar-refractivity contribution in [1.29, 1.82) is 5.26 Å². The lowest BCUT2D eigenvalue weighted by molar-refractivity contribution is -0.137. The minimum absolute atomic E-state index is 0.0578. The summed E-state index contributed by atoms with van der Waals surface area (Å²) in [4.78, 5) is 23.6. The van der Waals surface area contributed by atoms with Crippen LogP contribution in [0.5, 0.6) is 0 Å². The standard InChI is InChI=1S/C26H23F3N6O/c27-26(28,29)19-9-7-16(8-10-19)22-12-21-23(32-22)33-25(34-11-3-6-20(31)15-34)35(24(21)36)14-18-5-2-1-4-17(18)13-30/h1-2,4-5,7-10,12,20,32H,3,6,11,14-15,31H2/t20-/m1/s1. The molecule has 3 heterocycles. The fourth-order valence-electron chi connectivity index (χ4n) is 4.60. The first kappa shape index (κ1) is 23.6. The number of aromatic amines is 1. The number of alkyl halides is 3. The third kappa shape index (κ3) is 4.45. The van der Waals surface area contributed by atoms with E-state index in [1.54, 1.807) is 28.8 Å². The molecule has 1 aliphatic heterocycles. The van der Waals surface area contributed by atoms with Gasteiger partial charge in [0.2, 0.25) is 5.95 Å². The highest BCUT2D eigenvalue weighted by molar-refractivity contribution is 5.83. The monoisotopic (exact) mass is 492 g/mol. The van der Waals surface area contributed by atoms with Gasteiger partial charge < -0.3 is 15.6 Å². The molecule has 0 aliphatic carbocycles. The van der Waals surface area contributed by atoms with Crippen molar-refractivity contribution in [2.45, 2.75) is 31.6 Å². The Kier molecular flexibility index (Phi) is 6.02. The smallest absolute Gasteiger partial charge is 0.341 e. The van der Waals surface area contributed by atoms with Gasteiger partial charge in [0.15, 0.2) is 0 Å². The Labute approximate surface area is 204 Å². The van der Waals surface area contributed by atoms with Crippen LogP contribution in [0.2, 0.25) is 0 Å². The normalized spacial score (nSPS) is 16.3. The van der Waals surface area contributed by atoms with E-state index in [-0.39, 0.29) is 18.1 Å². The molecule has 1 atom stereocenters. The predicted molar refractivity (Wildman–Crippen MR) is 130 cm³/mol. The molecule has 1 saturated heterocycles. The summed E-state index contributed by atoms with van der Waals surface area (Å²) in [7, 11) is 0. The molecule has 4 aromatic rings. The molecule has 5 rings (SSSR count). The number of nitrogens with one attached hydrogen (secondary N) is 1. The van der Waals surface area contributed by atoms with Gasteiger partial charge in [-0.3, -0.25) is 9.36 Å². The zero-order chi connectivity index (χ0) is 25.4. The number of anilines is 1. The molecule has 0 amide bonds. The van der Waals surface area contributed by atoms with E-state index < -0.39 is 11.7 Å². The third-order valence-electron chi connectivity index (χ3n) is 6.46. The number of nitriles is 1. The van der Waals surface area contributed by atoms with Gasteiger partial charge in [0.1, 0.15) is 5.65 Å². The van der Waals surface area contributed by atoms with Crippen LogP contribution < -0.4 is 16.2 Å². The van der Waals surface area contributed by atoms with Gasteiger partial charge in [0, 0.05) is 24.8 Å². The van der Waals surface area contributed by atoms with Crippen molar-refractivity contribution in [2.24, 2.45) is 5.73 Å². The van der Waals surface area contributed by atoms with Crippen LogP contribution in [0.4, 0.5) is 19.1 Å². The van der Waals surface area contributed by atoms with Crippen LogP contribution in [0.15, 0.2) is 59.4 Å². The number of fused-ring (bicyclic) bond motifs is 1. The molecule has 36 heavy (non-hydrogen) atoms. The Balaban J connectivity index is 1.63. The van der Waals surface area contributed by atoms with E-state index in [4.69, 9.17) is 10.7 Å². The Morgan fingerprint density at radius 1 is 1.17 bits per heavy atom. The Morgan fingerprint density at radius 3 is 2.61 bits per heavy atom. The largest absolute Gasteiger partial charge is 0.416 e. The number of hydrogen-bond donors (Lipinski definition) is 2. The first-order chi connectivity index (χ1) is 17.2. The van der Waals surface area contributed by atoms with Crippen LogP contribution in [-0.2, 0) is 12.7 Å². The van der Waals surface area contributed by atoms with Crippen molar-refractivity contribution < 1.29 is 13.2 Å². The highest BCUT2D eigenvalue weighted by Crippen LogP contribution is 2.31. The van der Waals surface area contributed by atoms with Gasteiger partial charge in [-0.2, -0.15) is 23.4 Å². The van der Waals surface area contributed by atoms with Crippen molar-refractivity contribution in [3.05, 3.63) is 81.6 Å². The van der Waals surface area contributed by atoms with E-state index in [0.717, 1.165) is 25.0 Å². The van der Waals surface area contributed by atoms with E-state index in [1.807, 2.05) is 11.0 Å². The van der Waals surface area contributed by atoms with Crippen molar-refractivity contribution >= 4 is 17.0 Å². The molecule has 10 heteroatoms. The topological polar surface area (TPSA) is 104 Å². The molecule has 0 bridgehead atoms. The molecular weight excluding hydrogens is 469 g/mol. The Bertz CT molecular complexity index is 1510. The fraction of sp³-hybridized carbons (Fsp3) is 0.269. The third-order valence-corrected chi connectivity index (χ3v) is 6.46. The molecule has 0 spiro atoms. The van der Waals surface area contributed by atoms with Gasteiger partial charge in [0.25, 0.3) is 5.56 Å². The van der Waals surface area contributed by atoms with Gasteiger partial charge in [-0.15, -0.1) is 0 Å². The highest BCUT2D eigenvalue weighted by Gasteiger charge is 2.30. The van der Waals surface area contributed by atoms with E-state index in [2.05, 4.69) is 11.1 Å². The number of nitrogens with zero attached hydrogens (tertiary/aromatic N) is 4. The number of hydrogen-bond acceptors (Lipinski definition) is 5. The Hall–Kier alpha value is -4.10. The average molecular weight is 493 g/mol. The molecule has 7 nitrogen and oxygen atoms in total.